The van der Waals surface area contributed by atoms with Crippen molar-refractivity contribution in [2.75, 3.05) is 5.88 Å². The Morgan fingerprint density at radius 3 is 2.45 bits per heavy atom. The molecule has 0 N–H and O–H groups in total. The molecule has 0 heterocycles. The van der Waals surface area contributed by atoms with Crippen LogP contribution >= 0.6 is 11.6 Å². The van der Waals surface area contributed by atoms with Gasteiger partial charge in [-0.05, 0) is 18.8 Å². The van der Waals surface area contributed by atoms with Gasteiger partial charge in [-0.1, -0.05) is 31.6 Å². The minimum absolute atomic E-state index is 0.201. The molecule has 0 amide bonds. The molecule has 0 atom stereocenters. The number of rotatable bonds is 4. The highest BCUT2D eigenvalue weighted by Crippen LogP contribution is 2.25. The number of alkyl halides is 1. The highest BCUT2D eigenvalue weighted by Gasteiger charge is 2.12. The van der Waals surface area contributed by atoms with Crippen molar-refractivity contribution in [2.24, 2.45) is 5.41 Å². The van der Waals surface area contributed by atoms with Crippen LogP contribution in [0.4, 0.5) is 0 Å². The van der Waals surface area contributed by atoms with Gasteiger partial charge >= 0.3 is 0 Å². The van der Waals surface area contributed by atoms with E-state index in [9.17, 15) is 0 Å². The Hall–Kier alpha value is -0.230. The van der Waals surface area contributed by atoms with Gasteiger partial charge in [-0.25, -0.2) is 0 Å². The van der Waals surface area contributed by atoms with Crippen LogP contribution in [0.25, 0.3) is 0 Å². The third kappa shape index (κ3) is 5.09. The maximum atomic E-state index is 5.57. The first-order chi connectivity index (χ1) is 5.02. The summed E-state index contributed by atoms with van der Waals surface area (Å²) in [5.41, 5.74) is 1.54. The van der Waals surface area contributed by atoms with Gasteiger partial charge in [-0.3, -0.25) is 0 Å². The van der Waals surface area contributed by atoms with Gasteiger partial charge in [0.25, 0.3) is 0 Å². The molecule has 0 bridgehead atoms. The maximum Gasteiger partial charge on any atom is 0.0406 e. The standard InChI is InChI=1S/C10H17Cl/c1-5-10(3,4)8-9(2)6-7-11/h5-6H,1,7-8H2,2-4H3/b9-6+. The summed E-state index contributed by atoms with van der Waals surface area (Å²) in [6.07, 6.45) is 5.08. The third-order valence-corrected chi connectivity index (χ3v) is 1.87. The van der Waals surface area contributed by atoms with Gasteiger partial charge in [-0.2, -0.15) is 0 Å². The van der Waals surface area contributed by atoms with E-state index >= 15 is 0 Å². The quantitative estimate of drug-likeness (QED) is 0.447. The Kier molecular flexibility index (Phi) is 4.51. The summed E-state index contributed by atoms with van der Waals surface area (Å²) in [6, 6.07) is 0. The Labute approximate surface area is 74.9 Å². The predicted molar refractivity (Wildman–Crippen MR) is 53.1 cm³/mol. The van der Waals surface area contributed by atoms with Crippen LogP contribution in [-0.4, -0.2) is 5.88 Å². The van der Waals surface area contributed by atoms with Crippen molar-refractivity contribution in [1.29, 1.82) is 0 Å². The molecule has 0 aliphatic heterocycles. The van der Waals surface area contributed by atoms with E-state index in [4.69, 9.17) is 11.6 Å². The van der Waals surface area contributed by atoms with Gasteiger partial charge in [0.05, 0.1) is 0 Å². The SMILES string of the molecule is C=CC(C)(C)C/C(C)=C/CCl. The lowest BCUT2D eigenvalue weighted by atomic mass is 9.86. The summed E-state index contributed by atoms with van der Waals surface area (Å²) in [7, 11) is 0. The second-order valence-corrected chi connectivity index (χ2v) is 3.88. The molecule has 0 aromatic heterocycles. The molecule has 0 aromatic rings. The average molecular weight is 173 g/mol. The van der Waals surface area contributed by atoms with Crippen LogP contribution in [0.15, 0.2) is 24.3 Å². The fourth-order valence-corrected chi connectivity index (χ4v) is 1.26. The van der Waals surface area contributed by atoms with E-state index in [0.717, 1.165) is 6.42 Å². The minimum atomic E-state index is 0.201. The molecule has 0 fully saturated rings. The molecule has 0 rings (SSSR count). The van der Waals surface area contributed by atoms with Gasteiger partial charge in [0, 0.05) is 5.88 Å². The van der Waals surface area contributed by atoms with Crippen molar-refractivity contribution in [3.8, 4) is 0 Å². The molecule has 11 heavy (non-hydrogen) atoms. The van der Waals surface area contributed by atoms with Crippen molar-refractivity contribution in [3.63, 3.8) is 0 Å². The van der Waals surface area contributed by atoms with E-state index in [1.165, 1.54) is 5.57 Å². The van der Waals surface area contributed by atoms with E-state index < -0.39 is 0 Å². The van der Waals surface area contributed by atoms with Crippen LogP contribution in [-0.2, 0) is 0 Å². The zero-order valence-electron chi connectivity index (χ0n) is 7.65. The zero-order valence-corrected chi connectivity index (χ0v) is 8.41. The summed E-state index contributed by atoms with van der Waals surface area (Å²) in [6.45, 7) is 10.2. The van der Waals surface area contributed by atoms with Gasteiger partial charge in [0.15, 0.2) is 0 Å². The molecule has 0 aromatic carbocycles. The number of hydrogen-bond acceptors (Lipinski definition) is 0. The van der Waals surface area contributed by atoms with Gasteiger partial charge in [0.2, 0.25) is 0 Å². The summed E-state index contributed by atoms with van der Waals surface area (Å²) >= 11 is 5.57. The number of hydrogen-bond donors (Lipinski definition) is 0. The molecule has 0 spiro atoms. The van der Waals surface area contributed by atoms with Crippen molar-refractivity contribution < 1.29 is 0 Å². The van der Waals surface area contributed by atoms with Crippen molar-refractivity contribution in [3.05, 3.63) is 24.3 Å². The van der Waals surface area contributed by atoms with E-state index in [0.29, 0.717) is 5.88 Å². The number of allylic oxidation sites excluding steroid dienone is 3. The van der Waals surface area contributed by atoms with Crippen molar-refractivity contribution in [2.45, 2.75) is 27.2 Å². The highest BCUT2D eigenvalue weighted by molar-refractivity contribution is 6.18. The molecule has 0 saturated carbocycles. The highest BCUT2D eigenvalue weighted by atomic mass is 35.5. The van der Waals surface area contributed by atoms with Crippen LogP contribution in [0.5, 0.6) is 0 Å². The second-order valence-electron chi connectivity index (χ2n) is 3.57. The lowest BCUT2D eigenvalue weighted by Gasteiger charge is -2.19. The summed E-state index contributed by atoms with van der Waals surface area (Å²) in [5.74, 6) is 0.610. The van der Waals surface area contributed by atoms with Gasteiger partial charge in [-0.15, -0.1) is 18.2 Å². The molecular weight excluding hydrogens is 156 g/mol. The molecule has 64 valence electrons. The van der Waals surface area contributed by atoms with Crippen LogP contribution < -0.4 is 0 Å². The summed E-state index contributed by atoms with van der Waals surface area (Å²) < 4.78 is 0. The van der Waals surface area contributed by atoms with Crippen molar-refractivity contribution in [1.82, 2.24) is 0 Å². The minimum Gasteiger partial charge on any atom is -0.122 e. The van der Waals surface area contributed by atoms with Crippen LogP contribution in [0.3, 0.4) is 0 Å². The Balaban J connectivity index is 4.03. The smallest absolute Gasteiger partial charge is 0.0406 e. The molecule has 0 aliphatic carbocycles. The largest absolute Gasteiger partial charge is 0.122 e. The molecular formula is C10H17Cl. The summed E-state index contributed by atoms with van der Waals surface area (Å²) in [4.78, 5) is 0. The first-order valence-corrected chi connectivity index (χ1v) is 4.40. The monoisotopic (exact) mass is 172 g/mol. The third-order valence-electron chi connectivity index (χ3n) is 1.71. The average Bonchev–Trinajstić information content (AvgIpc) is 1.87. The summed E-state index contributed by atoms with van der Waals surface area (Å²) in [5, 5.41) is 0. The fraction of sp³-hybridized carbons (Fsp3) is 0.600. The zero-order chi connectivity index (χ0) is 8.91. The second kappa shape index (κ2) is 4.61. The van der Waals surface area contributed by atoms with E-state index in [1.54, 1.807) is 0 Å². The van der Waals surface area contributed by atoms with E-state index in [2.05, 4.69) is 27.4 Å². The van der Waals surface area contributed by atoms with E-state index in [-0.39, 0.29) is 5.41 Å². The lowest BCUT2D eigenvalue weighted by Crippen LogP contribution is -2.06. The van der Waals surface area contributed by atoms with Gasteiger partial charge < -0.3 is 0 Å². The van der Waals surface area contributed by atoms with Crippen LogP contribution in [0.2, 0.25) is 0 Å². The van der Waals surface area contributed by atoms with Gasteiger partial charge in [0.1, 0.15) is 0 Å². The Morgan fingerprint density at radius 1 is 1.55 bits per heavy atom. The molecule has 0 nitrogen and oxygen atoms in total. The van der Waals surface area contributed by atoms with Crippen LogP contribution in [0, 0.1) is 5.41 Å². The maximum absolute atomic E-state index is 5.57. The van der Waals surface area contributed by atoms with E-state index in [1.807, 2.05) is 12.2 Å². The first kappa shape index (κ1) is 10.8. The lowest BCUT2D eigenvalue weighted by molar-refractivity contribution is 0.476. The Morgan fingerprint density at radius 2 is 2.09 bits per heavy atom. The molecule has 0 unspecified atom stereocenters. The normalized spacial score (nSPS) is 13.3. The van der Waals surface area contributed by atoms with Crippen molar-refractivity contribution >= 4 is 11.6 Å². The predicted octanol–water partition coefficient (Wildman–Crippen LogP) is 3.77. The molecule has 1 heteroatoms. The number of halogens is 1. The molecule has 0 aliphatic rings. The molecule has 0 saturated heterocycles. The Bertz CT molecular complexity index is 154. The topological polar surface area (TPSA) is 0 Å². The first-order valence-electron chi connectivity index (χ1n) is 3.87. The fourth-order valence-electron chi connectivity index (χ4n) is 0.995. The van der Waals surface area contributed by atoms with Crippen LogP contribution in [0.1, 0.15) is 27.2 Å². The molecule has 0 radical (unpaired) electrons.